The quantitative estimate of drug-likeness (QED) is 0.629. The predicted octanol–water partition coefficient (Wildman–Crippen LogP) is 2.38. The average Bonchev–Trinajstić information content (AvgIpc) is 2.79. The number of hydrogen-bond donors (Lipinski definition) is 2. The van der Waals surface area contributed by atoms with Crippen molar-refractivity contribution in [2.24, 2.45) is 0 Å². The molecule has 8 nitrogen and oxygen atoms in total. The molecule has 160 valence electrons. The zero-order valence-corrected chi connectivity index (χ0v) is 17.5. The number of ether oxygens (including phenoxy) is 1. The Labute approximate surface area is 179 Å². The van der Waals surface area contributed by atoms with Crippen LogP contribution in [0.5, 0.6) is 5.75 Å². The van der Waals surface area contributed by atoms with Crippen LogP contribution in [0.25, 0.3) is 22.9 Å². The Hall–Kier alpha value is -3.65. The van der Waals surface area contributed by atoms with Gasteiger partial charge in [-0.15, -0.1) is 0 Å². The van der Waals surface area contributed by atoms with Gasteiger partial charge in [0.2, 0.25) is 0 Å². The summed E-state index contributed by atoms with van der Waals surface area (Å²) in [5.41, 5.74) is 1.64. The number of aliphatic hydroxyl groups excluding tert-OH is 1. The normalized spacial score (nSPS) is 15.3. The number of H-pyrrole nitrogens is 1. The number of hydrogen-bond acceptors (Lipinski definition) is 6. The van der Waals surface area contributed by atoms with Gasteiger partial charge in [0.25, 0.3) is 11.5 Å². The van der Waals surface area contributed by atoms with Crippen LogP contribution in [0.1, 0.15) is 21.6 Å². The number of nitrogens with one attached hydrogen (secondary N) is 1. The summed E-state index contributed by atoms with van der Waals surface area (Å²) in [6.45, 7) is 3.03. The Kier molecular flexibility index (Phi) is 5.73. The maximum absolute atomic E-state index is 12.8. The molecule has 0 atom stereocenters. The number of benzene rings is 2. The molecule has 2 N–H and O–H groups in total. The molecule has 0 aliphatic carbocycles. The van der Waals surface area contributed by atoms with E-state index < -0.39 is 5.56 Å². The minimum Gasteiger partial charge on any atom is -0.507 e. The lowest BCUT2D eigenvalue weighted by molar-refractivity contribution is 0.0664. The summed E-state index contributed by atoms with van der Waals surface area (Å²) in [7, 11) is 3.57. The molecule has 0 bridgehead atoms. The van der Waals surface area contributed by atoms with Crippen molar-refractivity contribution in [3.8, 4) is 5.75 Å². The van der Waals surface area contributed by atoms with Gasteiger partial charge in [0.15, 0.2) is 0 Å². The second-order valence-corrected chi connectivity index (χ2v) is 7.54. The molecule has 2 aromatic carbocycles. The first-order chi connectivity index (χ1) is 14.9. The van der Waals surface area contributed by atoms with Gasteiger partial charge in [-0.25, -0.2) is 4.98 Å². The smallest absolute Gasteiger partial charge is 0.274 e. The van der Waals surface area contributed by atoms with E-state index in [4.69, 9.17) is 4.74 Å². The van der Waals surface area contributed by atoms with Gasteiger partial charge in [0.05, 0.1) is 18.1 Å². The van der Waals surface area contributed by atoms with Crippen LogP contribution in [0.4, 0.5) is 0 Å². The maximum Gasteiger partial charge on any atom is 0.274 e. The van der Waals surface area contributed by atoms with Crippen molar-refractivity contribution in [2.45, 2.75) is 0 Å². The standard InChI is InChI=1S/C23H24N4O4/c1-26-8-10-27(11-9-26)23(30)16-6-7-18-19(13-16)25-22(29)20(24-18)14-21(28)15-4-3-5-17(12-15)31-2/h3-7,12-14,28H,8-11H2,1-2H3,(H,25,29). The van der Waals surface area contributed by atoms with Crippen LogP contribution in [-0.2, 0) is 0 Å². The average molecular weight is 420 g/mol. The highest BCUT2D eigenvalue weighted by Gasteiger charge is 2.20. The van der Waals surface area contributed by atoms with Crippen molar-refractivity contribution < 1.29 is 14.6 Å². The number of nitrogens with zero attached hydrogens (tertiary/aromatic N) is 3. The fourth-order valence-electron chi connectivity index (χ4n) is 3.52. The van der Waals surface area contributed by atoms with Gasteiger partial charge in [-0.2, -0.15) is 0 Å². The van der Waals surface area contributed by atoms with E-state index >= 15 is 0 Å². The van der Waals surface area contributed by atoms with E-state index in [-0.39, 0.29) is 17.4 Å². The molecule has 31 heavy (non-hydrogen) atoms. The molecule has 3 aromatic rings. The molecule has 2 heterocycles. The van der Waals surface area contributed by atoms with Gasteiger partial charge < -0.3 is 24.6 Å². The van der Waals surface area contributed by atoms with Crippen LogP contribution in [0.3, 0.4) is 0 Å². The Balaban J connectivity index is 1.62. The molecule has 0 spiro atoms. The van der Waals surface area contributed by atoms with Gasteiger partial charge in [-0.05, 0) is 37.4 Å². The number of rotatable bonds is 4. The van der Waals surface area contributed by atoms with Crippen molar-refractivity contribution in [3.63, 3.8) is 0 Å². The van der Waals surface area contributed by atoms with Crippen molar-refractivity contribution in [3.05, 3.63) is 69.6 Å². The highest BCUT2D eigenvalue weighted by molar-refractivity contribution is 5.97. The summed E-state index contributed by atoms with van der Waals surface area (Å²) in [5, 5.41) is 10.4. The third-order valence-electron chi connectivity index (χ3n) is 5.39. The highest BCUT2D eigenvalue weighted by atomic mass is 16.5. The molecular formula is C23H24N4O4. The molecule has 0 unspecified atom stereocenters. The topological polar surface area (TPSA) is 98.8 Å². The van der Waals surface area contributed by atoms with Gasteiger partial charge in [-0.1, -0.05) is 12.1 Å². The number of amides is 1. The second-order valence-electron chi connectivity index (χ2n) is 7.54. The number of aliphatic hydroxyl groups is 1. The number of carbonyl (C=O) groups excluding carboxylic acids is 1. The van der Waals surface area contributed by atoms with E-state index in [1.165, 1.54) is 13.2 Å². The van der Waals surface area contributed by atoms with Crippen LogP contribution in [-0.4, -0.2) is 71.1 Å². The molecule has 1 saturated heterocycles. The Morgan fingerprint density at radius 3 is 2.65 bits per heavy atom. The lowest BCUT2D eigenvalue weighted by atomic mass is 10.1. The summed E-state index contributed by atoms with van der Waals surface area (Å²) >= 11 is 0. The molecule has 0 saturated carbocycles. The molecule has 1 aliphatic heterocycles. The number of fused-ring (bicyclic) bond motifs is 1. The van der Waals surface area contributed by atoms with Crippen LogP contribution in [0.15, 0.2) is 47.3 Å². The molecule has 1 amide bonds. The van der Waals surface area contributed by atoms with Crippen molar-refractivity contribution in [1.29, 1.82) is 0 Å². The largest absolute Gasteiger partial charge is 0.507 e. The maximum atomic E-state index is 12.8. The zero-order valence-electron chi connectivity index (χ0n) is 17.5. The molecule has 4 rings (SSSR count). The molecule has 1 aromatic heterocycles. The summed E-state index contributed by atoms with van der Waals surface area (Å²) < 4.78 is 5.16. The predicted molar refractivity (Wildman–Crippen MR) is 119 cm³/mol. The molecule has 0 radical (unpaired) electrons. The van der Waals surface area contributed by atoms with Crippen LogP contribution in [0.2, 0.25) is 0 Å². The van der Waals surface area contributed by atoms with Crippen LogP contribution >= 0.6 is 0 Å². The Morgan fingerprint density at radius 2 is 1.90 bits per heavy atom. The van der Waals surface area contributed by atoms with E-state index in [2.05, 4.69) is 14.9 Å². The zero-order chi connectivity index (χ0) is 22.0. The number of methoxy groups -OCH3 is 1. The van der Waals surface area contributed by atoms with Gasteiger partial charge in [-0.3, -0.25) is 9.59 Å². The minimum absolute atomic E-state index is 0.0597. The second kappa shape index (κ2) is 8.61. The number of carbonyl (C=O) groups is 1. The summed E-state index contributed by atoms with van der Waals surface area (Å²) in [4.78, 5) is 36.5. The summed E-state index contributed by atoms with van der Waals surface area (Å²) in [6.07, 6.45) is 1.32. The van der Waals surface area contributed by atoms with Gasteiger partial charge in [0, 0.05) is 43.4 Å². The first kappa shape index (κ1) is 20.6. The monoisotopic (exact) mass is 420 g/mol. The fraction of sp³-hybridized carbons (Fsp3) is 0.261. The van der Waals surface area contributed by atoms with Crippen molar-refractivity contribution in [1.82, 2.24) is 19.8 Å². The van der Waals surface area contributed by atoms with Crippen LogP contribution < -0.4 is 10.3 Å². The lowest BCUT2D eigenvalue weighted by Gasteiger charge is -2.32. The van der Waals surface area contributed by atoms with Crippen molar-refractivity contribution in [2.75, 3.05) is 40.3 Å². The summed E-state index contributed by atoms with van der Waals surface area (Å²) in [5.74, 6) is 0.434. The van der Waals surface area contributed by atoms with Crippen LogP contribution in [0, 0.1) is 0 Å². The number of aromatic nitrogens is 2. The van der Waals surface area contributed by atoms with Crippen molar-refractivity contribution >= 4 is 28.8 Å². The highest BCUT2D eigenvalue weighted by Crippen LogP contribution is 2.20. The van der Waals surface area contributed by atoms with E-state index in [0.29, 0.717) is 41.0 Å². The number of piperazine rings is 1. The van der Waals surface area contributed by atoms with E-state index in [0.717, 1.165) is 13.1 Å². The Bertz CT molecular complexity index is 1210. The number of aromatic amines is 1. The number of likely N-dealkylation sites (N-methyl/N-ethyl adjacent to an activating group) is 1. The van der Waals surface area contributed by atoms with Gasteiger partial charge >= 0.3 is 0 Å². The third kappa shape index (κ3) is 4.44. The third-order valence-corrected chi connectivity index (χ3v) is 5.39. The Morgan fingerprint density at radius 1 is 1.13 bits per heavy atom. The molecular weight excluding hydrogens is 396 g/mol. The minimum atomic E-state index is -0.453. The van der Waals surface area contributed by atoms with E-state index in [1.54, 1.807) is 42.5 Å². The summed E-state index contributed by atoms with van der Waals surface area (Å²) in [6, 6.07) is 11.9. The first-order valence-electron chi connectivity index (χ1n) is 10.0. The first-order valence-corrected chi connectivity index (χ1v) is 10.0. The molecule has 1 aliphatic rings. The molecule has 1 fully saturated rings. The van der Waals surface area contributed by atoms with E-state index in [9.17, 15) is 14.7 Å². The van der Waals surface area contributed by atoms with E-state index in [1.807, 2.05) is 11.9 Å². The van der Waals surface area contributed by atoms with Gasteiger partial charge in [0.1, 0.15) is 17.2 Å². The fourth-order valence-corrected chi connectivity index (χ4v) is 3.52. The molecule has 8 heteroatoms. The SMILES string of the molecule is COc1cccc(C(O)=Cc2nc3ccc(C(=O)N4CCN(C)CC4)cc3[nH]c2=O)c1. The lowest BCUT2D eigenvalue weighted by Crippen LogP contribution is -2.47.